The maximum absolute atomic E-state index is 6.58. The molecule has 6 aliphatic rings. The zero-order valence-electron chi connectivity index (χ0n) is 28.4. The first-order chi connectivity index (χ1) is 22.3. The van der Waals surface area contributed by atoms with E-state index in [9.17, 15) is 0 Å². The van der Waals surface area contributed by atoms with Crippen molar-refractivity contribution < 1.29 is 18.9 Å². The Labute approximate surface area is 280 Å². The van der Waals surface area contributed by atoms with E-state index in [0.717, 1.165) is 75.4 Å². The molecule has 0 N–H and O–H groups in total. The number of hydrogen-bond donors (Lipinski definition) is 0. The normalized spacial score (nSPS) is 36.7. The SMILES string of the molecule is CC1(C)COC2(CCC3=C4[C@@H](CC[C@H]3C2)[C@@H]2CCC(CCCOC3CCCCO3)[C@]2(C)C[C@@H]4c2ccc(-c3nccs3)cc2)OC1. The lowest BCUT2D eigenvalue weighted by atomic mass is 9.50. The summed E-state index contributed by atoms with van der Waals surface area (Å²) in [6.45, 7) is 10.5. The predicted molar refractivity (Wildman–Crippen MR) is 184 cm³/mol. The molecule has 1 aromatic carbocycles. The van der Waals surface area contributed by atoms with Crippen molar-refractivity contribution in [1.82, 2.24) is 4.98 Å². The first kappa shape index (κ1) is 31.7. The molecule has 3 heterocycles. The van der Waals surface area contributed by atoms with Gasteiger partial charge in [-0.15, -0.1) is 11.3 Å². The summed E-state index contributed by atoms with van der Waals surface area (Å²) in [6.07, 6.45) is 17.7. The lowest BCUT2D eigenvalue weighted by Crippen LogP contribution is -2.51. The third-order valence-electron chi connectivity index (χ3n) is 13.1. The summed E-state index contributed by atoms with van der Waals surface area (Å²) in [5.74, 6) is 3.02. The summed E-state index contributed by atoms with van der Waals surface area (Å²) in [5, 5.41) is 3.19. The molecule has 2 aliphatic heterocycles. The Morgan fingerprint density at radius 1 is 0.957 bits per heavy atom. The van der Waals surface area contributed by atoms with Crippen LogP contribution in [-0.4, -0.2) is 43.5 Å². The number of rotatable bonds is 7. The van der Waals surface area contributed by atoms with Crippen molar-refractivity contribution in [2.45, 2.75) is 122 Å². The van der Waals surface area contributed by atoms with Crippen LogP contribution in [0.1, 0.15) is 116 Å². The summed E-state index contributed by atoms with van der Waals surface area (Å²) in [4.78, 5) is 4.60. The highest BCUT2D eigenvalue weighted by Gasteiger charge is 2.57. The highest BCUT2D eigenvalue weighted by atomic mass is 32.1. The standard InChI is InChI=1S/C40H55NO4S/c1-38(2)25-44-40(45-26-38)18-17-31-29(23-40)13-15-32-34-16-14-30(7-6-21-43-35-8-4-5-20-42-35)39(34,3)24-33(36(31)32)27-9-11-28(12-10-27)37-41-19-22-46-37/h9-12,19,22,29-30,32-35H,4-8,13-18,20-21,23-26H2,1-3H3/t29-,30?,32-,33+,34-,35?,39-/m0/s1. The highest BCUT2D eigenvalue weighted by Crippen LogP contribution is 2.67. The lowest BCUT2D eigenvalue weighted by molar-refractivity contribution is -0.312. The van der Waals surface area contributed by atoms with Gasteiger partial charge in [0.25, 0.3) is 0 Å². The minimum Gasteiger partial charge on any atom is -0.353 e. The van der Waals surface area contributed by atoms with Crippen LogP contribution in [0, 0.1) is 34.5 Å². The van der Waals surface area contributed by atoms with Gasteiger partial charge in [-0.2, -0.15) is 0 Å². The first-order valence-corrected chi connectivity index (χ1v) is 19.4. The van der Waals surface area contributed by atoms with E-state index in [1.54, 1.807) is 16.9 Å². The average Bonchev–Trinajstić information content (AvgIpc) is 3.73. The van der Waals surface area contributed by atoms with Crippen molar-refractivity contribution in [1.29, 1.82) is 0 Å². The Hall–Kier alpha value is -1.57. The van der Waals surface area contributed by atoms with Crippen molar-refractivity contribution in [2.24, 2.45) is 34.5 Å². The Balaban J connectivity index is 1.06. The molecule has 46 heavy (non-hydrogen) atoms. The number of nitrogens with zero attached hydrogens (tertiary/aromatic N) is 1. The molecule has 2 unspecified atom stereocenters. The fourth-order valence-corrected chi connectivity index (χ4v) is 11.4. The van der Waals surface area contributed by atoms with Crippen molar-refractivity contribution in [2.75, 3.05) is 26.4 Å². The molecule has 1 spiro atoms. The van der Waals surface area contributed by atoms with Gasteiger partial charge in [0.05, 0.1) is 13.2 Å². The van der Waals surface area contributed by atoms with E-state index in [4.69, 9.17) is 18.9 Å². The van der Waals surface area contributed by atoms with Gasteiger partial charge in [-0.05, 0) is 105 Å². The number of ether oxygens (including phenoxy) is 4. The number of benzene rings is 1. The Bertz CT molecular complexity index is 1370. The van der Waals surface area contributed by atoms with Crippen LogP contribution < -0.4 is 0 Å². The zero-order valence-corrected chi connectivity index (χ0v) is 29.3. The van der Waals surface area contributed by atoms with E-state index in [2.05, 4.69) is 55.4 Å². The second kappa shape index (κ2) is 12.7. The summed E-state index contributed by atoms with van der Waals surface area (Å²) in [5.41, 5.74) is 6.87. The number of fused-ring (bicyclic) bond motifs is 4. The summed E-state index contributed by atoms with van der Waals surface area (Å²) in [7, 11) is 0. The van der Waals surface area contributed by atoms with Crippen LogP contribution in [0.3, 0.4) is 0 Å². The zero-order chi connectivity index (χ0) is 31.4. The van der Waals surface area contributed by atoms with E-state index in [1.807, 2.05) is 11.8 Å². The fraction of sp³-hybridized carbons (Fsp3) is 0.725. The molecule has 5 nitrogen and oxygen atoms in total. The lowest BCUT2D eigenvalue weighted by Gasteiger charge is -2.55. The van der Waals surface area contributed by atoms with Crippen molar-refractivity contribution in [3.8, 4) is 10.6 Å². The summed E-state index contributed by atoms with van der Waals surface area (Å²) in [6, 6.07) is 9.56. The van der Waals surface area contributed by atoms with E-state index < -0.39 is 0 Å². The first-order valence-electron chi connectivity index (χ1n) is 18.6. The van der Waals surface area contributed by atoms with Gasteiger partial charge in [0, 0.05) is 54.5 Å². The molecule has 7 atom stereocenters. The Morgan fingerprint density at radius 3 is 2.57 bits per heavy atom. The van der Waals surface area contributed by atoms with E-state index in [0.29, 0.717) is 23.2 Å². The topological polar surface area (TPSA) is 49.8 Å². The molecule has 6 heteroatoms. The molecule has 250 valence electrons. The number of hydrogen-bond acceptors (Lipinski definition) is 6. The summed E-state index contributed by atoms with van der Waals surface area (Å²) < 4.78 is 25.2. The molecule has 0 radical (unpaired) electrons. The van der Waals surface area contributed by atoms with Gasteiger partial charge in [-0.1, -0.05) is 56.2 Å². The van der Waals surface area contributed by atoms with Crippen LogP contribution in [-0.2, 0) is 18.9 Å². The van der Waals surface area contributed by atoms with Crippen LogP contribution in [0.5, 0.6) is 0 Å². The molecule has 5 fully saturated rings. The maximum atomic E-state index is 6.58. The molecular weight excluding hydrogens is 591 g/mol. The van der Waals surface area contributed by atoms with Gasteiger partial charge in [0.2, 0.25) is 0 Å². The van der Waals surface area contributed by atoms with Crippen LogP contribution in [0.4, 0.5) is 0 Å². The van der Waals surface area contributed by atoms with E-state index in [-0.39, 0.29) is 17.5 Å². The molecule has 2 saturated heterocycles. The molecular formula is C40H55NO4S. The smallest absolute Gasteiger partial charge is 0.169 e. The van der Waals surface area contributed by atoms with Crippen LogP contribution in [0.25, 0.3) is 10.6 Å². The van der Waals surface area contributed by atoms with Gasteiger partial charge < -0.3 is 18.9 Å². The van der Waals surface area contributed by atoms with Crippen molar-refractivity contribution in [3.63, 3.8) is 0 Å². The second-order valence-corrected chi connectivity index (χ2v) is 17.5. The largest absolute Gasteiger partial charge is 0.353 e. The molecule has 2 aromatic rings. The molecule has 1 aromatic heterocycles. The van der Waals surface area contributed by atoms with Crippen molar-refractivity contribution in [3.05, 3.63) is 52.6 Å². The molecule has 3 saturated carbocycles. The van der Waals surface area contributed by atoms with Crippen LogP contribution >= 0.6 is 11.3 Å². The quantitative estimate of drug-likeness (QED) is 0.222. The number of thiazole rings is 1. The van der Waals surface area contributed by atoms with Crippen LogP contribution in [0.15, 0.2) is 47.0 Å². The summed E-state index contributed by atoms with van der Waals surface area (Å²) >= 11 is 1.73. The maximum Gasteiger partial charge on any atom is 0.169 e. The number of allylic oxidation sites excluding steroid dienone is 2. The number of aromatic nitrogens is 1. The van der Waals surface area contributed by atoms with Gasteiger partial charge in [-0.25, -0.2) is 4.98 Å². The fourth-order valence-electron chi connectivity index (χ4n) is 10.7. The van der Waals surface area contributed by atoms with Gasteiger partial charge in [0.15, 0.2) is 12.1 Å². The van der Waals surface area contributed by atoms with Gasteiger partial charge >= 0.3 is 0 Å². The van der Waals surface area contributed by atoms with E-state index in [1.165, 1.54) is 62.5 Å². The molecule has 0 amide bonds. The molecule has 8 rings (SSSR count). The molecule has 4 aliphatic carbocycles. The highest BCUT2D eigenvalue weighted by molar-refractivity contribution is 7.13. The Kier molecular flexibility index (Phi) is 8.75. The minimum absolute atomic E-state index is 0.0296. The van der Waals surface area contributed by atoms with Crippen LogP contribution in [0.2, 0.25) is 0 Å². The molecule has 0 bridgehead atoms. The third kappa shape index (κ3) is 5.97. The average molecular weight is 646 g/mol. The van der Waals surface area contributed by atoms with Crippen molar-refractivity contribution >= 4 is 11.3 Å². The monoisotopic (exact) mass is 645 g/mol. The van der Waals surface area contributed by atoms with Gasteiger partial charge in [0.1, 0.15) is 5.01 Å². The predicted octanol–water partition coefficient (Wildman–Crippen LogP) is 9.93. The second-order valence-electron chi connectivity index (χ2n) is 16.6. The Morgan fingerprint density at radius 2 is 1.80 bits per heavy atom. The third-order valence-corrected chi connectivity index (χ3v) is 13.9. The van der Waals surface area contributed by atoms with Gasteiger partial charge in [-0.3, -0.25) is 0 Å². The van der Waals surface area contributed by atoms with E-state index >= 15 is 0 Å². The minimum atomic E-state index is -0.367.